The summed E-state index contributed by atoms with van der Waals surface area (Å²) in [5.41, 5.74) is 9.61. The van der Waals surface area contributed by atoms with Crippen LogP contribution in [0.1, 0.15) is 17.0 Å². The van der Waals surface area contributed by atoms with Crippen molar-refractivity contribution in [1.29, 1.82) is 0 Å². The van der Waals surface area contributed by atoms with E-state index in [0.29, 0.717) is 41.6 Å². The van der Waals surface area contributed by atoms with Crippen LogP contribution in [-0.2, 0) is 19.5 Å². The molecule has 0 radical (unpaired) electrons. The van der Waals surface area contributed by atoms with Gasteiger partial charge in [0, 0.05) is 36.3 Å². The number of anilines is 1. The number of hydrogen-bond acceptors (Lipinski definition) is 5. The Balaban J connectivity index is 1.34. The third-order valence-corrected chi connectivity index (χ3v) is 5.84. The molecule has 5 rings (SSSR count). The van der Waals surface area contributed by atoms with Gasteiger partial charge in [0.15, 0.2) is 0 Å². The second-order valence-corrected chi connectivity index (χ2v) is 8.08. The van der Waals surface area contributed by atoms with Crippen LogP contribution in [0.25, 0.3) is 22.7 Å². The van der Waals surface area contributed by atoms with Gasteiger partial charge in [0.2, 0.25) is 0 Å². The Hall–Kier alpha value is -3.35. The van der Waals surface area contributed by atoms with Gasteiger partial charge < -0.3 is 15.1 Å². The van der Waals surface area contributed by atoms with Crippen molar-refractivity contribution in [2.45, 2.75) is 19.5 Å². The zero-order valence-electron chi connectivity index (χ0n) is 16.8. The Labute approximate surface area is 184 Å². The molecule has 0 fully saturated rings. The molecule has 31 heavy (non-hydrogen) atoms. The Bertz CT molecular complexity index is 1290. The molecule has 0 amide bonds. The second kappa shape index (κ2) is 8.06. The van der Waals surface area contributed by atoms with Crippen molar-refractivity contribution in [3.8, 4) is 22.7 Å². The summed E-state index contributed by atoms with van der Waals surface area (Å²) in [4.78, 5) is 22.6. The van der Waals surface area contributed by atoms with Gasteiger partial charge in [-0.25, -0.2) is 4.98 Å². The molecule has 4 aromatic rings. The molecular formula is C24H21ClN4O2. The molecule has 0 bridgehead atoms. The molecule has 3 heterocycles. The first-order chi connectivity index (χ1) is 15.1. The predicted octanol–water partition coefficient (Wildman–Crippen LogP) is 4.49. The Morgan fingerprint density at radius 2 is 1.90 bits per heavy atom. The fourth-order valence-electron chi connectivity index (χ4n) is 3.88. The first-order valence-corrected chi connectivity index (χ1v) is 10.5. The van der Waals surface area contributed by atoms with Crippen LogP contribution in [0.3, 0.4) is 0 Å². The van der Waals surface area contributed by atoms with E-state index >= 15 is 0 Å². The molecule has 0 aliphatic carbocycles. The highest BCUT2D eigenvalue weighted by Crippen LogP contribution is 2.30. The molecule has 0 spiro atoms. The molecule has 1 aliphatic heterocycles. The molecule has 156 valence electrons. The number of hydrogen-bond donors (Lipinski definition) is 2. The van der Waals surface area contributed by atoms with Crippen molar-refractivity contribution in [1.82, 2.24) is 14.9 Å². The molecule has 6 nitrogen and oxygen atoms in total. The summed E-state index contributed by atoms with van der Waals surface area (Å²) in [5.74, 6) is 2.15. The van der Waals surface area contributed by atoms with Crippen molar-refractivity contribution in [2.24, 2.45) is 0 Å². The number of fused-ring (bicyclic) bond motifs is 1. The number of rotatable bonds is 4. The highest BCUT2D eigenvalue weighted by Gasteiger charge is 2.22. The smallest absolute Gasteiger partial charge is 0.255 e. The van der Waals surface area contributed by atoms with E-state index < -0.39 is 0 Å². The summed E-state index contributed by atoms with van der Waals surface area (Å²) in [6.07, 6.45) is 0.708. The number of halogens is 1. The lowest BCUT2D eigenvalue weighted by Crippen LogP contribution is -2.35. The molecule has 0 saturated heterocycles. The summed E-state index contributed by atoms with van der Waals surface area (Å²) in [6, 6.07) is 18.8. The number of aromatic nitrogens is 2. The van der Waals surface area contributed by atoms with Crippen LogP contribution in [0, 0.1) is 0 Å². The van der Waals surface area contributed by atoms with Crippen molar-refractivity contribution >= 4 is 17.3 Å². The topological polar surface area (TPSA) is 88.1 Å². The number of H-pyrrole nitrogens is 1. The highest BCUT2D eigenvalue weighted by molar-refractivity contribution is 6.33. The number of furan rings is 1. The minimum absolute atomic E-state index is 0.0993. The van der Waals surface area contributed by atoms with Gasteiger partial charge in [-0.05, 0) is 48.5 Å². The van der Waals surface area contributed by atoms with Crippen LogP contribution in [0.5, 0.6) is 0 Å². The standard InChI is InChI=1S/C24H21ClN4O2/c25-20-4-2-1-3-18(20)22-10-9-17(31-22)13-29-12-11-21-19(14-29)24(30)28-23(27-21)15-5-7-16(26)8-6-15/h1-10H,11-14,26H2,(H,27,28,30). The molecule has 0 saturated carbocycles. The van der Waals surface area contributed by atoms with Gasteiger partial charge in [-0.1, -0.05) is 23.7 Å². The number of nitrogen functional groups attached to an aromatic ring is 1. The predicted molar refractivity (Wildman–Crippen MR) is 122 cm³/mol. The van der Waals surface area contributed by atoms with E-state index in [1.807, 2.05) is 48.5 Å². The Morgan fingerprint density at radius 3 is 2.71 bits per heavy atom. The zero-order chi connectivity index (χ0) is 21.4. The molecule has 3 N–H and O–H groups in total. The lowest BCUT2D eigenvalue weighted by atomic mass is 10.1. The van der Waals surface area contributed by atoms with E-state index in [4.69, 9.17) is 26.7 Å². The average Bonchev–Trinajstić information content (AvgIpc) is 3.23. The molecule has 1 aliphatic rings. The van der Waals surface area contributed by atoms with Crippen LogP contribution in [0.4, 0.5) is 5.69 Å². The molecule has 2 aromatic carbocycles. The number of nitrogens with two attached hydrogens (primary N) is 1. The maximum atomic E-state index is 12.8. The van der Waals surface area contributed by atoms with E-state index in [1.54, 1.807) is 12.1 Å². The van der Waals surface area contributed by atoms with Gasteiger partial charge in [-0.3, -0.25) is 9.69 Å². The quantitative estimate of drug-likeness (QED) is 0.464. The first kappa shape index (κ1) is 19.6. The number of benzene rings is 2. The average molecular weight is 433 g/mol. The van der Waals surface area contributed by atoms with Crippen LogP contribution < -0.4 is 11.3 Å². The maximum Gasteiger partial charge on any atom is 0.255 e. The molecule has 0 atom stereocenters. The van der Waals surface area contributed by atoms with Gasteiger partial charge in [0.25, 0.3) is 5.56 Å². The van der Waals surface area contributed by atoms with Crippen LogP contribution in [-0.4, -0.2) is 21.4 Å². The van der Waals surface area contributed by atoms with Gasteiger partial charge in [0.1, 0.15) is 17.3 Å². The van der Waals surface area contributed by atoms with Gasteiger partial charge in [0.05, 0.1) is 22.8 Å². The molecular weight excluding hydrogens is 412 g/mol. The lowest BCUT2D eigenvalue weighted by molar-refractivity contribution is 0.223. The van der Waals surface area contributed by atoms with E-state index in [0.717, 1.165) is 34.9 Å². The summed E-state index contributed by atoms with van der Waals surface area (Å²) in [5, 5.41) is 0.657. The fraction of sp³-hybridized carbons (Fsp3) is 0.167. The molecule has 7 heteroatoms. The van der Waals surface area contributed by atoms with Crippen LogP contribution in [0.2, 0.25) is 5.02 Å². The third kappa shape index (κ3) is 4.00. The summed E-state index contributed by atoms with van der Waals surface area (Å²) in [7, 11) is 0. The van der Waals surface area contributed by atoms with Crippen molar-refractivity contribution in [2.75, 3.05) is 12.3 Å². The zero-order valence-corrected chi connectivity index (χ0v) is 17.5. The minimum atomic E-state index is -0.0993. The summed E-state index contributed by atoms with van der Waals surface area (Å²) >= 11 is 6.28. The number of aromatic amines is 1. The van der Waals surface area contributed by atoms with Crippen molar-refractivity contribution < 1.29 is 4.42 Å². The highest BCUT2D eigenvalue weighted by atomic mass is 35.5. The van der Waals surface area contributed by atoms with Crippen LogP contribution in [0.15, 0.2) is 69.9 Å². The van der Waals surface area contributed by atoms with E-state index in [1.165, 1.54) is 0 Å². The van der Waals surface area contributed by atoms with Gasteiger partial charge in [-0.15, -0.1) is 0 Å². The summed E-state index contributed by atoms with van der Waals surface area (Å²) in [6.45, 7) is 1.94. The van der Waals surface area contributed by atoms with E-state index in [2.05, 4.69) is 9.88 Å². The number of nitrogens with one attached hydrogen (secondary N) is 1. The Kier molecular flexibility index (Phi) is 5.10. The Morgan fingerprint density at radius 1 is 1.10 bits per heavy atom. The monoisotopic (exact) mass is 432 g/mol. The third-order valence-electron chi connectivity index (χ3n) is 5.51. The van der Waals surface area contributed by atoms with Crippen molar-refractivity contribution in [3.63, 3.8) is 0 Å². The first-order valence-electron chi connectivity index (χ1n) is 10.1. The minimum Gasteiger partial charge on any atom is -0.460 e. The molecule has 0 unspecified atom stereocenters. The normalized spacial score (nSPS) is 13.8. The summed E-state index contributed by atoms with van der Waals surface area (Å²) < 4.78 is 6.02. The maximum absolute atomic E-state index is 12.8. The number of nitrogens with zero attached hydrogens (tertiary/aromatic N) is 2. The van der Waals surface area contributed by atoms with Crippen LogP contribution >= 0.6 is 11.6 Å². The molecule has 2 aromatic heterocycles. The van der Waals surface area contributed by atoms with E-state index in [9.17, 15) is 4.79 Å². The van der Waals surface area contributed by atoms with E-state index in [-0.39, 0.29) is 5.56 Å². The largest absolute Gasteiger partial charge is 0.460 e. The SMILES string of the molecule is Nc1ccc(-c2nc3c(c(=O)[nH]2)CN(Cc2ccc(-c4ccccc4Cl)o2)CC3)cc1. The second-order valence-electron chi connectivity index (χ2n) is 7.67. The fourth-order valence-corrected chi connectivity index (χ4v) is 4.11. The lowest BCUT2D eigenvalue weighted by Gasteiger charge is -2.26. The van der Waals surface area contributed by atoms with Gasteiger partial charge >= 0.3 is 0 Å². The van der Waals surface area contributed by atoms with Crippen molar-refractivity contribution in [3.05, 3.63) is 93.1 Å². The van der Waals surface area contributed by atoms with Gasteiger partial charge in [-0.2, -0.15) is 0 Å².